The van der Waals surface area contributed by atoms with E-state index in [0.29, 0.717) is 17.5 Å². The molecule has 2 aromatic rings. The molecule has 0 saturated heterocycles. The number of benzene rings is 2. The molecule has 2 fully saturated rings. The number of amides is 1. The van der Waals surface area contributed by atoms with Crippen LogP contribution in [0.1, 0.15) is 31.2 Å². The second kappa shape index (κ2) is 8.63. The molecule has 2 aromatic carbocycles. The Kier molecular flexibility index (Phi) is 6.11. The van der Waals surface area contributed by atoms with Crippen molar-refractivity contribution in [3.63, 3.8) is 0 Å². The Balaban J connectivity index is 1.58. The third kappa shape index (κ3) is 4.37. The van der Waals surface area contributed by atoms with Crippen LogP contribution in [0, 0.1) is 18.8 Å². The van der Waals surface area contributed by atoms with Gasteiger partial charge in [-0.3, -0.25) is 9.10 Å². The number of rotatable bonds is 7. The Morgan fingerprint density at radius 1 is 1.07 bits per heavy atom. The van der Waals surface area contributed by atoms with Gasteiger partial charge in [0, 0.05) is 10.9 Å². The highest BCUT2D eigenvalue weighted by Crippen LogP contribution is 2.44. The SMILES string of the molecule is CSc1ccc(S(=O)(=O)N(CC(=O)N[C@@H]2C[C@@H]3CC[C@H]2C3)c2ccc(C)cc2)cc1. The smallest absolute Gasteiger partial charge is 0.264 e. The van der Waals surface area contributed by atoms with Crippen LogP contribution >= 0.6 is 11.8 Å². The van der Waals surface area contributed by atoms with E-state index in [0.717, 1.165) is 23.3 Å². The highest BCUT2D eigenvalue weighted by molar-refractivity contribution is 7.98. The first kappa shape index (κ1) is 21.2. The molecule has 7 heteroatoms. The van der Waals surface area contributed by atoms with E-state index in [1.54, 1.807) is 48.2 Å². The van der Waals surface area contributed by atoms with Crippen LogP contribution in [-0.2, 0) is 14.8 Å². The van der Waals surface area contributed by atoms with Gasteiger partial charge in [0.25, 0.3) is 10.0 Å². The second-order valence-corrected chi connectivity index (χ2v) is 11.1. The van der Waals surface area contributed by atoms with Gasteiger partial charge in [-0.05, 0) is 80.7 Å². The zero-order valence-electron chi connectivity index (χ0n) is 17.4. The Morgan fingerprint density at radius 2 is 1.77 bits per heavy atom. The van der Waals surface area contributed by atoms with Gasteiger partial charge in [0.05, 0.1) is 10.6 Å². The molecule has 0 unspecified atom stereocenters. The van der Waals surface area contributed by atoms with E-state index in [9.17, 15) is 13.2 Å². The molecule has 3 atom stereocenters. The largest absolute Gasteiger partial charge is 0.352 e. The summed E-state index contributed by atoms with van der Waals surface area (Å²) in [6.07, 6.45) is 6.57. The monoisotopic (exact) mass is 444 g/mol. The molecule has 0 spiro atoms. The molecular weight excluding hydrogens is 416 g/mol. The van der Waals surface area contributed by atoms with E-state index in [1.807, 2.05) is 25.3 Å². The van der Waals surface area contributed by atoms with E-state index < -0.39 is 10.0 Å². The van der Waals surface area contributed by atoms with Crippen LogP contribution in [0.15, 0.2) is 58.3 Å². The van der Waals surface area contributed by atoms with Crippen molar-refractivity contribution < 1.29 is 13.2 Å². The number of nitrogens with one attached hydrogen (secondary N) is 1. The first-order valence-corrected chi connectivity index (χ1v) is 13.1. The molecule has 4 rings (SSSR count). The molecule has 0 heterocycles. The fourth-order valence-electron chi connectivity index (χ4n) is 4.71. The molecule has 30 heavy (non-hydrogen) atoms. The van der Waals surface area contributed by atoms with Crippen molar-refractivity contribution in [2.45, 2.75) is 48.4 Å². The van der Waals surface area contributed by atoms with Crippen LogP contribution in [0.2, 0.25) is 0 Å². The van der Waals surface area contributed by atoms with Gasteiger partial charge in [-0.1, -0.05) is 24.1 Å². The highest BCUT2D eigenvalue weighted by atomic mass is 32.2. The van der Waals surface area contributed by atoms with Crippen molar-refractivity contribution in [2.24, 2.45) is 11.8 Å². The third-order valence-electron chi connectivity index (χ3n) is 6.34. The number of hydrogen-bond donors (Lipinski definition) is 1. The Labute approximate surface area is 183 Å². The maximum atomic E-state index is 13.5. The van der Waals surface area contributed by atoms with Crippen LogP contribution in [0.25, 0.3) is 0 Å². The molecule has 0 aliphatic heterocycles. The lowest BCUT2D eigenvalue weighted by Gasteiger charge is -2.27. The predicted molar refractivity (Wildman–Crippen MR) is 121 cm³/mol. The maximum Gasteiger partial charge on any atom is 0.264 e. The lowest BCUT2D eigenvalue weighted by atomic mass is 9.95. The quantitative estimate of drug-likeness (QED) is 0.650. The van der Waals surface area contributed by atoms with E-state index in [2.05, 4.69) is 5.32 Å². The molecule has 5 nitrogen and oxygen atoms in total. The first-order chi connectivity index (χ1) is 14.4. The molecule has 2 bridgehead atoms. The summed E-state index contributed by atoms with van der Waals surface area (Å²) < 4.78 is 28.1. The molecule has 2 saturated carbocycles. The number of hydrogen-bond acceptors (Lipinski definition) is 4. The molecule has 1 N–H and O–H groups in total. The summed E-state index contributed by atoms with van der Waals surface area (Å²) in [5.41, 5.74) is 1.53. The minimum Gasteiger partial charge on any atom is -0.352 e. The summed E-state index contributed by atoms with van der Waals surface area (Å²) in [7, 11) is -3.87. The van der Waals surface area contributed by atoms with E-state index in [-0.39, 0.29) is 23.4 Å². The molecule has 160 valence electrons. The topological polar surface area (TPSA) is 66.5 Å². The van der Waals surface area contributed by atoms with Crippen LogP contribution in [0.5, 0.6) is 0 Å². The predicted octanol–water partition coefficient (Wildman–Crippen LogP) is 4.22. The van der Waals surface area contributed by atoms with Gasteiger partial charge >= 0.3 is 0 Å². The third-order valence-corrected chi connectivity index (χ3v) is 8.87. The first-order valence-electron chi connectivity index (χ1n) is 10.4. The van der Waals surface area contributed by atoms with Crippen molar-refractivity contribution in [3.8, 4) is 0 Å². The fourth-order valence-corrected chi connectivity index (χ4v) is 6.53. The summed E-state index contributed by atoms with van der Waals surface area (Å²) in [6.45, 7) is 1.73. The Morgan fingerprint density at radius 3 is 2.33 bits per heavy atom. The van der Waals surface area contributed by atoms with Crippen LogP contribution < -0.4 is 9.62 Å². The summed E-state index contributed by atoms with van der Waals surface area (Å²) in [5.74, 6) is 1.02. The summed E-state index contributed by atoms with van der Waals surface area (Å²) >= 11 is 1.56. The average Bonchev–Trinajstić information content (AvgIpc) is 3.36. The van der Waals surface area contributed by atoms with Gasteiger partial charge in [-0.2, -0.15) is 0 Å². The van der Waals surface area contributed by atoms with E-state index >= 15 is 0 Å². The number of carbonyl (C=O) groups excluding carboxylic acids is 1. The number of fused-ring (bicyclic) bond motifs is 2. The minimum absolute atomic E-state index is 0.180. The van der Waals surface area contributed by atoms with Gasteiger partial charge in [0.15, 0.2) is 0 Å². The number of anilines is 1. The Bertz CT molecular complexity index is 1000. The lowest BCUT2D eigenvalue weighted by molar-refractivity contribution is -0.120. The number of nitrogens with zero attached hydrogens (tertiary/aromatic N) is 1. The normalized spacial score (nSPS) is 22.8. The molecule has 1 amide bonds. The zero-order chi connectivity index (χ0) is 21.3. The number of carbonyl (C=O) groups is 1. The standard InChI is InChI=1S/C23H28N2O3S2/c1-16-3-7-19(8-4-16)25(30(27,28)21-11-9-20(29-2)10-12-21)15-23(26)24-22-14-17-5-6-18(22)13-17/h3-4,7-12,17-18,22H,5-6,13-15H2,1-2H3,(H,24,26)/t17-,18+,22-/m1/s1. The van der Waals surface area contributed by atoms with Gasteiger partial charge < -0.3 is 5.32 Å². The van der Waals surface area contributed by atoms with Crippen molar-refractivity contribution in [3.05, 3.63) is 54.1 Å². The summed E-state index contributed by atoms with van der Waals surface area (Å²) in [5, 5.41) is 3.12. The summed E-state index contributed by atoms with van der Waals surface area (Å²) in [4.78, 5) is 14.1. The minimum atomic E-state index is -3.87. The molecule has 2 aliphatic carbocycles. The highest BCUT2D eigenvalue weighted by Gasteiger charge is 2.40. The summed E-state index contributed by atoms with van der Waals surface area (Å²) in [6, 6.07) is 14.2. The van der Waals surface area contributed by atoms with Crippen LogP contribution in [-0.4, -0.2) is 33.2 Å². The van der Waals surface area contributed by atoms with E-state index in [1.165, 1.54) is 17.1 Å². The average molecular weight is 445 g/mol. The maximum absolute atomic E-state index is 13.5. The van der Waals surface area contributed by atoms with Gasteiger partial charge in [-0.15, -0.1) is 11.8 Å². The number of thioether (sulfide) groups is 1. The number of aryl methyl sites for hydroxylation is 1. The van der Waals surface area contributed by atoms with Crippen LogP contribution in [0.4, 0.5) is 5.69 Å². The van der Waals surface area contributed by atoms with Crippen molar-refractivity contribution >= 4 is 33.4 Å². The van der Waals surface area contributed by atoms with Crippen molar-refractivity contribution in [2.75, 3.05) is 17.1 Å². The number of sulfonamides is 1. The van der Waals surface area contributed by atoms with Gasteiger partial charge in [0.1, 0.15) is 6.54 Å². The van der Waals surface area contributed by atoms with Gasteiger partial charge in [-0.25, -0.2) is 8.42 Å². The lowest BCUT2D eigenvalue weighted by Crippen LogP contribution is -2.46. The van der Waals surface area contributed by atoms with Gasteiger partial charge in [0.2, 0.25) is 5.91 Å². The van der Waals surface area contributed by atoms with Crippen molar-refractivity contribution in [1.82, 2.24) is 5.32 Å². The molecule has 2 aliphatic rings. The Hall–Kier alpha value is -1.99. The molecular formula is C23H28N2O3S2. The zero-order valence-corrected chi connectivity index (χ0v) is 19.0. The second-order valence-electron chi connectivity index (χ2n) is 8.37. The fraction of sp³-hybridized carbons (Fsp3) is 0.435. The van der Waals surface area contributed by atoms with E-state index in [4.69, 9.17) is 0 Å². The van der Waals surface area contributed by atoms with Crippen molar-refractivity contribution in [1.29, 1.82) is 0 Å². The molecule has 0 aromatic heterocycles. The molecule has 0 radical (unpaired) electrons. The van der Waals surface area contributed by atoms with Crippen LogP contribution in [0.3, 0.4) is 0 Å².